The van der Waals surface area contributed by atoms with Crippen LogP contribution in [0, 0.1) is 5.82 Å². The van der Waals surface area contributed by atoms with Gasteiger partial charge < -0.3 is 25.0 Å². The van der Waals surface area contributed by atoms with Crippen molar-refractivity contribution in [1.82, 2.24) is 19.7 Å². The fraction of sp³-hybridized carbons (Fsp3) is 0.312. The summed E-state index contributed by atoms with van der Waals surface area (Å²) in [5.41, 5.74) is 7.23. The van der Waals surface area contributed by atoms with Gasteiger partial charge in [-0.05, 0) is 23.3 Å². The summed E-state index contributed by atoms with van der Waals surface area (Å²) >= 11 is 0. The topological polar surface area (TPSA) is 146 Å². The minimum atomic E-state index is -3.67. The monoisotopic (exact) mass is 411 g/mol. The van der Waals surface area contributed by atoms with Crippen LogP contribution in [0.4, 0.5) is 10.2 Å². The number of aromatic nitrogens is 4. The van der Waals surface area contributed by atoms with E-state index in [-0.39, 0.29) is 38.2 Å². The number of benzene rings is 1. The zero-order valence-corrected chi connectivity index (χ0v) is 15.8. The summed E-state index contributed by atoms with van der Waals surface area (Å²) in [6.07, 6.45) is 1.49. The molecule has 0 fully saturated rings. The lowest BCUT2D eigenvalue weighted by molar-refractivity contribution is 0.192. The molecule has 3 rings (SSSR count). The van der Waals surface area contributed by atoms with Crippen LogP contribution in [0.3, 0.4) is 0 Å². The Bertz CT molecular complexity index is 1040. The van der Waals surface area contributed by atoms with E-state index in [2.05, 4.69) is 15.1 Å². The van der Waals surface area contributed by atoms with Gasteiger partial charge in [0.05, 0.1) is 31.3 Å². The first kappa shape index (κ1) is 20.2. The predicted molar refractivity (Wildman–Crippen MR) is 98.4 cm³/mol. The second kappa shape index (κ2) is 8.19. The zero-order chi connectivity index (χ0) is 20.3. The summed E-state index contributed by atoms with van der Waals surface area (Å²) in [5.74, 6) is -0.350. The second-order valence-corrected chi connectivity index (χ2v) is 7.91. The van der Waals surface area contributed by atoms with E-state index in [1.54, 1.807) is 6.07 Å². The highest BCUT2D eigenvalue weighted by Gasteiger charge is 2.14. The molecule has 1 unspecified atom stereocenters. The molecule has 4 N–H and O–H groups in total. The number of rotatable bonds is 8. The van der Waals surface area contributed by atoms with Gasteiger partial charge in [-0.25, -0.2) is 9.07 Å². The molecule has 3 aromatic rings. The molecule has 0 aliphatic carbocycles. The Balaban J connectivity index is 1.88. The second-order valence-electron chi connectivity index (χ2n) is 6.05. The summed E-state index contributed by atoms with van der Waals surface area (Å²) in [6.45, 7) is 0.825. The molecule has 0 radical (unpaired) electrons. The van der Waals surface area contributed by atoms with Crippen molar-refractivity contribution in [3.8, 4) is 6.01 Å². The summed E-state index contributed by atoms with van der Waals surface area (Å²) in [5, 5.41) is 13.6. The SMILES string of the molecule is CP(=O)(O)OCc1cc(F)cc(Cn2ncc3c(N)nc(OCCO)nc32)c1. The van der Waals surface area contributed by atoms with Crippen LogP contribution in [0.2, 0.25) is 0 Å². The Morgan fingerprint density at radius 3 is 2.75 bits per heavy atom. The first-order valence-electron chi connectivity index (χ1n) is 8.21. The molecule has 0 bridgehead atoms. The molecule has 2 aromatic heterocycles. The highest BCUT2D eigenvalue weighted by molar-refractivity contribution is 7.51. The quantitative estimate of drug-likeness (QED) is 0.467. The molecule has 0 saturated carbocycles. The van der Waals surface area contributed by atoms with Crippen LogP contribution < -0.4 is 10.5 Å². The Morgan fingerprint density at radius 2 is 2.04 bits per heavy atom. The van der Waals surface area contributed by atoms with Gasteiger partial charge in [0, 0.05) is 6.66 Å². The summed E-state index contributed by atoms with van der Waals surface area (Å²) in [7, 11) is -3.67. The molecule has 1 aromatic carbocycles. The van der Waals surface area contributed by atoms with Gasteiger partial charge in [0.2, 0.25) is 0 Å². The van der Waals surface area contributed by atoms with Crippen LogP contribution in [-0.4, -0.2) is 49.6 Å². The van der Waals surface area contributed by atoms with Gasteiger partial charge in [-0.1, -0.05) is 6.07 Å². The lowest BCUT2D eigenvalue weighted by Gasteiger charge is -2.10. The van der Waals surface area contributed by atoms with E-state index in [4.69, 9.17) is 20.1 Å². The van der Waals surface area contributed by atoms with Crippen LogP contribution in [0.15, 0.2) is 24.4 Å². The average molecular weight is 411 g/mol. The van der Waals surface area contributed by atoms with Gasteiger partial charge in [-0.2, -0.15) is 15.1 Å². The van der Waals surface area contributed by atoms with E-state index >= 15 is 0 Å². The van der Waals surface area contributed by atoms with Crippen molar-refractivity contribution in [3.05, 3.63) is 41.3 Å². The molecule has 1 atom stereocenters. The number of anilines is 1. The lowest BCUT2D eigenvalue weighted by Crippen LogP contribution is -2.08. The number of halogens is 1. The van der Waals surface area contributed by atoms with Gasteiger partial charge in [-0.3, -0.25) is 4.57 Å². The smallest absolute Gasteiger partial charge is 0.325 e. The van der Waals surface area contributed by atoms with Crippen LogP contribution in [0.5, 0.6) is 6.01 Å². The molecule has 0 aliphatic heterocycles. The van der Waals surface area contributed by atoms with E-state index in [0.717, 1.165) is 6.66 Å². The van der Waals surface area contributed by atoms with Crippen molar-refractivity contribution >= 4 is 24.4 Å². The number of aliphatic hydroxyl groups is 1. The first-order valence-corrected chi connectivity index (χ1v) is 10.2. The maximum atomic E-state index is 14.0. The fourth-order valence-corrected chi connectivity index (χ4v) is 2.92. The Labute approximate surface area is 159 Å². The molecule has 0 saturated heterocycles. The third-order valence-electron chi connectivity index (χ3n) is 3.65. The molecule has 12 heteroatoms. The van der Waals surface area contributed by atoms with Gasteiger partial charge >= 0.3 is 13.6 Å². The summed E-state index contributed by atoms with van der Waals surface area (Å²) in [4.78, 5) is 17.4. The van der Waals surface area contributed by atoms with Crippen LogP contribution in [-0.2, 0) is 22.2 Å². The number of aliphatic hydroxyl groups excluding tert-OH is 1. The highest BCUT2D eigenvalue weighted by atomic mass is 31.2. The standard InChI is InChI=1S/C16H19FN5O5P/c1-28(24,25)27-9-11-4-10(5-12(17)6-11)8-22-15-13(7-19-22)14(18)20-16(21-15)26-3-2-23/h4-7,23H,2-3,8-9H2,1H3,(H,24,25)(H2,18,20,21). The maximum absolute atomic E-state index is 14.0. The van der Waals surface area contributed by atoms with Crippen molar-refractivity contribution in [1.29, 1.82) is 0 Å². The number of hydrogen-bond donors (Lipinski definition) is 3. The number of fused-ring (bicyclic) bond motifs is 1. The third kappa shape index (κ3) is 5.02. The lowest BCUT2D eigenvalue weighted by atomic mass is 10.1. The Hall–Kier alpha value is -2.59. The van der Waals surface area contributed by atoms with E-state index in [1.807, 2.05) is 0 Å². The van der Waals surface area contributed by atoms with Gasteiger partial charge in [0.15, 0.2) is 5.65 Å². The Kier molecular flexibility index (Phi) is 5.90. The molecule has 0 spiro atoms. The number of nitrogens with two attached hydrogens (primary N) is 1. The van der Waals surface area contributed by atoms with Gasteiger partial charge in [0.1, 0.15) is 18.2 Å². The summed E-state index contributed by atoms with van der Waals surface area (Å²) < 4.78 is 36.8. The molecule has 2 heterocycles. The van der Waals surface area contributed by atoms with E-state index in [9.17, 15) is 13.8 Å². The van der Waals surface area contributed by atoms with Gasteiger partial charge in [0.25, 0.3) is 0 Å². The van der Waals surface area contributed by atoms with E-state index in [0.29, 0.717) is 22.2 Å². The first-order chi connectivity index (χ1) is 13.2. The predicted octanol–water partition coefficient (Wildman–Crippen LogP) is 1.30. The average Bonchev–Trinajstić information content (AvgIpc) is 3.00. The maximum Gasteiger partial charge on any atom is 0.325 e. The number of nitrogen functional groups attached to an aromatic ring is 1. The van der Waals surface area contributed by atoms with Crippen molar-refractivity contribution in [2.75, 3.05) is 25.6 Å². The molecular weight excluding hydrogens is 392 g/mol. The van der Waals surface area contributed by atoms with Crippen LogP contribution in [0.1, 0.15) is 11.1 Å². The largest absolute Gasteiger partial charge is 0.461 e. The minimum absolute atomic E-state index is 0.00391. The van der Waals surface area contributed by atoms with Crippen molar-refractivity contribution < 1.29 is 28.2 Å². The zero-order valence-electron chi connectivity index (χ0n) is 14.9. The van der Waals surface area contributed by atoms with Crippen LogP contribution in [0.25, 0.3) is 11.0 Å². The molecule has 0 aliphatic rings. The molecule has 0 amide bonds. The van der Waals surface area contributed by atoms with E-state index < -0.39 is 13.4 Å². The van der Waals surface area contributed by atoms with Crippen molar-refractivity contribution in [3.63, 3.8) is 0 Å². The number of ether oxygens (including phenoxy) is 1. The Morgan fingerprint density at radius 1 is 1.29 bits per heavy atom. The molecule has 10 nitrogen and oxygen atoms in total. The summed E-state index contributed by atoms with van der Waals surface area (Å²) in [6, 6.07) is 4.17. The normalized spacial score (nSPS) is 13.6. The minimum Gasteiger partial charge on any atom is -0.461 e. The van der Waals surface area contributed by atoms with Crippen LogP contribution >= 0.6 is 7.60 Å². The van der Waals surface area contributed by atoms with Crippen molar-refractivity contribution in [2.24, 2.45) is 0 Å². The van der Waals surface area contributed by atoms with E-state index in [1.165, 1.54) is 23.0 Å². The molecule has 28 heavy (non-hydrogen) atoms. The third-order valence-corrected chi connectivity index (χ3v) is 4.26. The fourth-order valence-electron chi connectivity index (χ4n) is 2.53. The molecule has 150 valence electrons. The number of hydrogen-bond acceptors (Lipinski definition) is 8. The number of nitrogens with zero attached hydrogens (tertiary/aromatic N) is 4. The van der Waals surface area contributed by atoms with Gasteiger partial charge in [-0.15, -0.1) is 0 Å². The highest BCUT2D eigenvalue weighted by Crippen LogP contribution is 2.37. The van der Waals surface area contributed by atoms with Crippen molar-refractivity contribution in [2.45, 2.75) is 13.2 Å². The molecular formula is C16H19FN5O5P.